The molecule has 10 heavy (non-hydrogen) atoms. The van der Waals surface area contributed by atoms with Crippen molar-refractivity contribution in [3.05, 3.63) is 29.3 Å². The van der Waals surface area contributed by atoms with Crippen molar-refractivity contribution in [1.29, 1.82) is 0 Å². The fraction of sp³-hybridized carbons (Fsp3) is 0.444. The van der Waals surface area contributed by atoms with E-state index in [-0.39, 0.29) is 35.6 Å². The van der Waals surface area contributed by atoms with Gasteiger partial charge in [-0.25, -0.2) is 11.6 Å². The number of rotatable bonds is 1. The molecule has 0 saturated carbocycles. The van der Waals surface area contributed by atoms with Crippen LogP contribution >= 0.6 is 0 Å². The third-order valence-corrected chi connectivity index (χ3v) is 1.60. The van der Waals surface area contributed by atoms with Crippen LogP contribution in [0.1, 0.15) is 30.9 Å². The number of hydrogen-bond acceptors (Lipinski definition) is 0. The van der Waals surface area contributed by atoms with E-state index in [1.807, 2.05) is 0 Å². The van der Waals surface area contributed by atoms with Gasteiger partial charge in [-0.3, -0.25) is 0 Å². The summed E-state index contributed by atoms with van der Waals surface area (Å²) < 4.78 is 0. The molecule has 50 valence electrons. The second-order valence-electron chi connectivity index (χ2n) is 2.88. The molecule has 0 spiro atoms. The first-order chi connectivity index (χ1) is 4.20. The molecule has 0 unspecified atom stereocenters. The van der Waals surface area contributed by atoms with E-state index in [1.54, 1.807) is 0 Å². The van der Waals surface area contributed by atoms with Crippen LogP contribution in [0.2, 0.25) is 0 Å². The monoisotopic (exact) mass is 260 g/mol. The minimum absolute atomic E-state index is 0. The number of hydrogen-bond donors (Lipinski definition) is 0. The second kappa shape index (κ2) is 4.43. The van der Waals surface area contributed by atoms with E-state index < -0.39 is 0 Å². The maximum atomic E-state index is 2.24. The minimum Gasteiger partial charge on any atom is -0.211 e. The van der Waals surface area contributed by atoms with Crippen LogP contribution in [0.4, 0.5) is 0 Å². The Morgan fingerprint density at radius 3 is 2.20 bits per heavy atom. The molecular weight excluding hydrogens is 247 g/mol. The summed E-state index contributed by atoms with van der Waals surface area (Å²) in [7, 11) is 0. The Morgan fingerprint density at radius 2 is 2.00 bits per heavy atom. The van der Waals surface area contributed by atoms with Gasteiger partial charge in [-0.1, -0.05) is 26.7 Å². The Morgan fingerprint density at radius 1 is 1.40 bits per heavy atom. The molecule has 0 amide bonds. The van der Waals surface area contributed by atoms with E-state index in [2.05, 4.69) is 39.0 Å². The molecule has 0 aliphatic heterocycles. The van der Waals surface area contributed by atoms with E-state index in [0.717, 1.165) is 0 Å². The summed E-state index contributed by atoms with van der Waals surface area (Å²) in [6.07, 6.45) is 0. The first kappa shape index (κ1) is 10.5. The molecule has 0 aromatic heterocycles. The third kappa shape index (κ3) is 2.65. The maximum absolute atomic E-state index is 2.24. The van der Waals surface area contributed by atoms with Gasteiger partial charge in [0.2, 0.25) is 0 Å². The van der Waals surface area contributed by atoms with Crippen molar-refractivity contribution in [1.82, 2.24) is 0 Å². The molecule has 0 heterocycles. The van der Waals surface area contributed by atoms with Crippen LogP contribution in [0.15, 0.2) is 18.2 Å². The summed E-state index contributed by atoms with van der Waals surface area (Å²) in [4.78, 5) is 0. The average molecular weight is 260 g/mol. The fourth-order valence-corrected chi connectivity index (χ4v) is 0.946. The Hall–Kier alpha value is 0.545. The van der Waals surface area contributed by atoms with E-state index in [4.69, 9.17) is 0 Å². The van der Waals surface area contributed by atoms with Crippen molar-refractivity contribution in [3.8, 4) is 0 Å². The number of aryl methyl sites for hydroxylation is 1. The van der Waals surface area contributed by atoms with Crippen molar-refractivity contribution in [2.75, 3.05) is 0 Å². The Labute approximate surface area is 91.0 Å². The predicted octanol–water partition coefficient (Wildman–Crippen LogP) is 2.84. The van der Waals surface area contributed by atoms with Crippen molar-refractivity contribution in [3.63, 3.8) is 0 Å². The average Bonchev–Trinajstić information content (AvgIpc) is 2.14. The Bertz CT molecular complexity index is 186. The summed E-state index contributed by atoms with van der Waals surface area (Å²) in [5, 5.41) is 0. The summed E-state index contributed by atoms with van der Waals surface area (Å²) in [5.74, 6) is 0.679. The first-order valence-electron chi connectivity index (χ1n) is 3.43. The normalized spacial score (nSPS) is 9.60. The summed E-state index contributed by atoms with van der Waals surface area (Å²) in [6, 6.07) is 6.60. The van der Waals surface area contributed by atoms with Crippen LogP contribution in [0, 0.1) is 42.5 Å². The summed E-state index contributed by atoms with van der Waals surface area (Å²) in [5.41, 5.74) is 2.83. The van der Waals surface area contributed by atoms with Gasteiger partial charge in [-0.05, 0) is 0 Å². The summed E-state index contributed by atoms with van der Waals surface area (Å²) >= 11 is 0. The molecule has 1 rings (SSSR count). The van der Waals surface area contributed by atoms with Gasteiger partial charge in [0.05, 0.1) is 0 Å². The molecular formula is C9H13La+2. The SMILES string of the molecule is Cc1cc[c-](C(C)C)c1.[La+3]. The maximum Gasteiger partial charge on any atom is 3.00 e. The minimum atomic E-state index is 0. The first-order valence-corrected chi connectivity index (χ1v) is 3.43. The second-order valence-corrected chi connectivity index (χ2v) is 2.88. The molecule has 0 aliphatic rings. The molecule has 0 atom stereocenters. The van der Waals surface area contributed by atoms with E-state index in [0.29, 0.717) is 5.92 Å². The molecule has 1 aromatic carbocycles. The quantitative estimate of drug-likeness (QED) is 0.681. The third-order valence-electron chi connectivity index (χ3n) is 1.60. The summed E-state index contributed by atoms with van der Waals surface area (Å²) in [6.45, 7) is 6.56. The van der Waals surface area contributed by atoms with E-state index in [1.165, 1.54) is 11.1 Å². The topological polar surface area (TPSA) is 0 Å². The fourth-order valence-electron chi connectivity index (χ4n) is 0.946. The zero-order valence-corrected chi connectivity index (χ0v) is 10.5. The van der Waals surface area contributed by atoms with Crippen LogP contribution in [-0.4, -0.2) is 0 Å². The standard InChI is InChI=1S/C9H13.La/c1-7(2)9-5-4-8(3)6-9;/h4-7H,1-3H3;/q-1;+3. The smallest absolute Gasteiger partial charge is 0.211 e. The zero-order valence-electron chi connectivity index (χ0n) is 6.89. The molecule has 0 fully saturated rings. The van der Waals surface area contributed by atoms with Gasteiger partial charge in [-0.2, -0.15) is 17.7 Å². The molecule has 0 bridgehead atoms. The van der Waals surface area contributed by atoms with Gasteiger partial charge in [0.15, 0.2) is 0 Å². The van der Waals surface area contributed by atoms with Gasteiger partial charge in [0, 0.05) is 0 Å². The van der Waals surface area contributed by atoms with Crippen LogP contribution in [0.25, 0.3) is 0 Å². The Kier molecular flexibility index (Phi) is 4.67. The van der Waals surface area contributed by atoms with Gasteiger partial charge in [0.25, 0.3) is 0 Å². The van der Waals surface area contributed by atoms with Crippen LogP contribution in [0.5, 0.6) is 0 Å². The molecule has 0 nitrogen and oxygen atoms in total. The van der Waals surface area contributed by atoms with Gasteiger partial charge < -0.3 is 0 Å². The zero-order chi connectivity index (χ0) is 6.85. The van der Waals surface area contributed by atoms with Gasteiger partial charge in [0.1, 0.15) is 0 Å². The van der Waals surface area contributed by atoms with Crippen LogP contribution < -0.4 is 0 Å². The predicted molar refractivity (Wildman–Crippen MR) is 40.9 cm³/mol. The van der Waals surface area contributed by atoms with E-state index in [9.17, 15) is 0 Å². The molecule has 0 N–H and O–H groups in total. The van der Waals surface area contributed by atoms with Gasteiger partial charge >= 0.3 is 35.6 Å². The van der Waals surface area contributed by atoms with Crippen molar-refractivity contribution >= 4 is 0 Å². The molecule has 0 aliphatic carbocycles. The Balaban J connectivity index is 0.000000810. The van der Waals surface area contributed by atoms with Crippen LogP contribution in [0.3, 0.4) is 0 Å². The van der Waals surface area contributed by atoms with Crippen molar-refractivity contribution in [2.45, 2.75) is 26.7 Å². The molecule has 1 aromatic rings. The molecule has 0 radical (unpaired) electrons. The van der Waals surface area contributed by atoms with Crippen LogP contribution in [-0.2, 0) is 0 Å². The van der Waals surface area contributed by atoms with Gasteiger partial charge in [-0.15, -0.1) is 0 Å². The van der Waals surface area contributed by atoms with Crippen molar-refractivity contribution in [2.24, 2.45) is 0 Å². The molecule has 1 heteroatoms. The van der Waals surface area contributed by atoms with E-state index >= 15 is 0 Å². The van der Waals surface area contributed by atoms with Crippen molar-refractivity contribution < 1.29 is 35.6 Å². The largest absolute Gasteiger partial charge is 3.00 e. The molecule has 0 saturated heterocycles.